The molecule has 0 N–H and O–H groups in total. The summed E-state index contributed by atoms with van der Waals surface area (Å²) in [4.78, 5) is 32.9. The monoisotopic (exact) mass is 495 g/mol. The Morgan fingerprint density at radius 2 is 2.00 bits per heavy atom. The average molecular weight is 496 g/mol. The minimum absolute atomic E-state index is 0.0243. The topological polar surface area (TPSA) is 82.4 Å². The highest BCUT2D eigenvalue weighted by atomic mass is 32.2. The van der Waals surface area contributed by atoms with Crippen LogP contribution < -0.4 is 15.0 Å². The van der Waals surface area contributed by atoms with Crippen molar-refractivity contribution >= 4 is 45.9 Å². The predicted molar refractivity (Wildman–Crippen MR) is 133 cm³/mol. The Bertz CT molecular complexity index is 1350. The summed E-state index contributed by atoms with van der Waals surface area (Å²) in [6.07, 6.45) is 4.99. The Morgan fingerprint density at radius 1 is 1.21 bits per heavy atom. The van der Waals surface area contributed by atoms with Gasteiger partial charge in [-0.2, -0.15) is 4.98 Å². The number of methoxy groups -OCH3 is 1. The van der Waals surface area contributed by atoms with Gasteiger partial charge in [0.1, 0.15) is 27.0 Å². The second-order valence-corrected chi connectivity index (χ2v) is 9.45. The molecule has 1 aromatic carbocycles. The third-order valence-electron chi connectivity index (χ3n) is 5.57. The Balaban J connectivity index is 1.53. The van der Waals surface area contributed by atoms with Crippen LogP contribution in [0.1, 0.15) is 18.4 Å². The number of fused-ring (bicyclic) bond motifs is 1. The molecule has 4 heterocycles. The molecule has 2 aliphatic rings. The molecule has 34 heavy (non-hydrogen) atoms. The standard InChI is InChI=1S/C24H21N3O5S2/c1-30-15-7-9-16(10-8-15)32-21-18(22(28)26-11-3-2-6-20(26)25-21)13-19-23(29)27(24(33)34-19)14-17-5-4-12-31-17/h2-3,6-11,13,17H,4-5,12,14H2,1H3/b19-13-/t17-/m1/s1. The number of nitrogens with zero attached hydrogens (tertiary/aromatic N) is 3. The van der Waals surface area contributed by atoms with E-state index in [0.717, 1.165) is 24.6 Å². The molecule has 1 atom stereocenters. The molecule has 5 rings (SSSR count). The van der Waals surface area contributed by atoms with Crippen molar-refractivity contribution in [3.63, 3.8) is 0 Å². The Kier molecular flexibility index (Phi) is 6.36. The van der Waals surface area contributed by atoms with Crippen molar-refractivity contribution in [2.45, 2.75) is 18.9 Å². The van der Waals surface area contributed by atoms with E-state index < -0.39 is 0 Å². The van der Waals surface area contributed by atoms with Crippen LogP contribution in [-0.2, 0) is 9.53 Å². The number of hydrogen-bond acceptors (Lipinski definition) is 8. The first kappa shape index (κ1) is 22.6. The van der Waals surface area contributed by atoms with Crippen LogP contribution in [-0.4, -0.2) is 50.9 Å². The Labute approximate surface area is 205 Å². The molecule has 2 fully saturated rings. The van der Waals surface area contributed by atoms with E-state index in [1.54, 1.807) is 55.8 Å². The molecule has 0 unspecified atom stereocenters. The maximum Gasteiger partial charge on any atom is 0.269 e. The third-order valence-corrected chi connectivity index (χ3v) is 6.95. The van der Waals surface area contributed by atoms with Crippen LogP contribution in [0.2, 0.25) is 0 Å². The molecule has 174 valence electrons. The molecule has 3 aromatic rings. The molecule has 0 aliphatic carbocycles. The van der Waals surface area contributed by atoms with Crippen molar-refractivity contribution in [2.75, 3.05) is 20.3 Å². The van der Waals surface area contributed by atoms with Crippen molar-refractivity contribution in [1.29, 1.82) is 0 Å². The molecule has 0 spiro atoms. The van der Waals surface area contributed by atoms with E-state index in [-0.39, 0.29) is 29.0 Å². The van der Waals surface area contributed by atoms with Crippen LogP contribution in [0.15, 0.2) is 58.4 Å². The quantitative estimate of drug-likeness (QED) is 0.377. The number of aromatic nitrogens is 2. The van der Waals surface area contributed by atoms with E-state index in [1.165, 1.54) is 15.4 Å². The lowest BCUT2D eigenvalue weighted by molar-refractivity contribution is -0.123. The zero-order valence-electron chi connectivity index (χ0n) is 18.3. The van der Waals surface area contributed by atoms with Gasteiger partial charge in [0.05, 0.1) is 24.7 Å². The number of ether oxygens (including phenoxy) is 3. The van der Waals surface area contributed by atoms with Gasteiger partial charge in [-0.15, -0.1) is 0 Å². The van der Waals surface area contributed by atoms with Crippen LogP contribution in [0.4, 0.5) is 0 Å². The first-order chi connectivity index (χ1) is 16.5. The SMILES string of the molecule is COc1ccc(Oc2nc3ccccn3c(=O)c2/C=C2\SC(=S)N(C[C@H]3CCCO3)C2=O)cc1. The molecule has 0 saturated carbocycles. The van der Waals surface area contributed by atoms with E-state index >= 15 is 0 Å². The normalized spacial score (nSPS) is 19.4. The summed E-state index contributed by atoms with van der Waals surface area (Å²) in [7, 11) is 1.58. The lowest BCUT2D eigenvalue weighted by Crippen LogP contribution is -2.35. The Morgan fingerprint density at radius 3 is 2.74 bits per heavy atom. The fourth-order valence-corrected chi connectivity index (χ4v) is 5.08. The van der Waals surface area contributed by atoms with Crippen LogP contribution in [0.25, 0.3) is 11.7 Å². The van der Waals surface area contributed by atoms with Gasteiger partial charge in [-0.3, -0.25) is 18.9 Å². The van der Waals surface area contributed by atoms with Gasteiger partial charge in [0.15, 0.2) is 0 Å². The van der Waals surface area contributed by atoms with Crippen molar-refractivity contribution in [2.24, 2.45) is 0 Å². The van der Waals surface area contributed by atoms with E-state index in [0.29, 0.717) is 39.5 Å². The fourth-order valence-electron chi connectivity index (χ4n) is 3.82. The van der Waals surface area contributed by atoms with Gasteiger partial charge in [-0.05, 0) is 55.3 Å². The number of amides is 1. The van der Waals surface area contributed by atoms with Crippen molar-refractivity contribution in [3.8, 4) is 17.4 Å². The number of carbonyl (C=O) groups excluding carboxylic acids is 1. The summed E-state index contributed by atoms with van der Waals surface area (Å²) in [5.41, 5.74) is 0.245. The van der Waals surface area contributed by atoms with E-state index in [9.17, 15) is 9.59 Å². The van der Waals surface area contributed by atoms with Gasteiger partial charge in [0.25, 0.3) is 11.5 Å². The molecule has 8 nitrogen and oxygen atoms in total. The molecular formula is C24H21N3O5S2. The minimum Gasteiger partial charge on any atom is -0.497 e. The molecule has 0 radical (unpaired) electrons. The maximum absolute atomic E-state index is 13.4. The van der Waals surface area contributed by atoms with Gasteiger partial charge in [-0.25, -0.2) is 0 Å². The summed E-state index contributed by atoms with van der Waals surface area (Å²) < 4.78 is 18.7. The second kappa shape index (κ2) is 9.57. The van der Waals surface area contributed by atoms with Crippen molar-refractivity contribution < 1.29 is 19.0 Å². The van der Waals surface area contributed by atoms with Crippen LogP contribution in [0, 0.1) is 0 Å². The van der Waals surface area contributed by atoms with Crippen molar-refractivity contribution in [1.82, 2.24) is 14.3 Å². The summed E-state index contributed by atoms with van der Waals surface area (Å²) in [5, 5.41) is 0. The van der Waals surface area contributed by atoms with Gasteiger partial charge < -0.3 is 14.2 Å². The highest BCUT2D eigenvalue weighted by molar-refractivity contribution is 8.26. The number of benzene rings is 1. The number of pyridine rings is 1. The lowest BCUT2D eigenvalue weighted by Gasteiger charge is -2.18. The lowest BCUT2D eigenvalue weighted by atomic mass is 10.2. The van der Waals surface area contributed by atoms with Crippen LogP contribution in [0.3, 0.4) is 0 Å². The molecule has 10 heteroatoms. The molecule has 0 bridgehead atoms. The highest BCUT2D eigenvalue weighted by Crippen LogP contribution is 2.35. The third kappa shape index (κ3) is 4.44. The maximum atomic E-state index is 13.4. The van der Waals surface area contributed by atoms with Crippen LogP contribution >= 0.6 is 24.0 Å². The summed E-state index contributed by atoms with van der Waals surface area (Å²) in [6, 6.07) is 12.2. The first-order valence-corrected chi connectivity index (χ1v) is 12.0. The zero-order valence-corrected chi connectivity index (χ0v) is 19.9. The fraction of sp³-hybridized carbons (Fsp3) is 0.250. The average Bonchev–Trinajstić information content (AvgIpc) is 3.46. The first-order valence-electron chi connectivity index (χ1n) is 10.7. The number of carbonyl (C=O) groups is 1. The Hall–Kier alpha value is -3.21. The number of hydrogen-bond donors (Lipinski definition) is 0. The molecule has 1 amide bonds. The van der Waals surface area contributed by atoms with Crippen LogP contribution in [0.5, 0.6) is 17.4 Å². The minimum atomic E-state index is -0.349. The highest BCUT2D eigenvalue weighted by Gasteiger charge is 2.35. The molecule has 2 saturated heterocycles. The van der Waals surface area contributed by atoms with Gasteiger partial charge in [0, 0.05) is 12.8 Å². The van der Waals surface area contributed by atoms with E-state index in [4.69, 9.17) is 26.4 Å². The van der Waals surface area contributed by atoms with Gasteiger partial charge >= 0.3 is 0 Å². The summed E-state index contributed by atoms with van der Waals surface area (Å²) >= 11 is 6.61. The summed E-state index contributed by atoms with van der Waals surface area (Å²) in [5.74, 6) is 1.01. The second-order valence-electron chi connectivity index (χ2n) is 7.77. The van der Waals surface area contributed by atoms with E-state index in [1.807, 2.05) is 0 Å². The van der Waals surface area contributed by atoms with Gasteiger partial charge in [-0.1, -0.05) is 30.0 Å². The van der Waals surface area contributed by atoms with E-state index in [2.05, 4.69) is 4.98 Å². The largest absolute Gasteiger partial charge is 0.497 e. The summed E-state index contributed by atoms with van der Waals surface area (Å²) in [6.45, 7) is 1.10. The molecule has 2 aromatic heterocycles. The number of thiocarbonyl (C=S) groups is 1. The van der Waals surface area contributed by atoms with Crippen molar-refractivity contribution in [3.05, 3.63) is 69.5 Å². The predicted octanol–water partition coefficient (Wildman–Crippen LogP) is 3.88. The molecule has 2 aliphatic heterocycles. The number of thioether (sulfide) groups is 1. The number of rotatable bonds is 6. The zero-order chi connectivity index (χ0) is 23.7. The molecular weight excluding hydrogens is 474 g/mol. The smallest absolute Gasteiger partial charge is 0.269 e. The van der Waals surface area contributed by atoms with Gasteiger partial charge in [0.2, 0.25) is 5.88 Å².